The molecule has 1 amide bonds. The summed E-state index contributed by atoms with van der Waals surface area (Å²) in [4.78, 5) is 25.5. The van der Waals surface area contributed by atoms with Crippen LogP contribution in [0.5, 0.6) is 5.75 Å². The zero-order valence-electron chi connectivity index (χ0n) is 20.1. The van der Waals surface area contributed by atoms with Crippen LogP contribution in [0.1, 0.15) is 87.1 Å². The first-order chi connectivity index (χ1) is 16.2. The lowest BCUT2D eigenvalue weighted by Crippen LogP contribution is -2.44. The number of carboxylic acids is 1. The van der Waals surface area contributed by atoms with Crippen molar-refractivity contribution >= 4 is 11.9 Å². The van der Waals surface area contributed by atoms with Crippen LogP contribution in [0.3, 0.4) is 0 Å². The summed E-state index contributed by atoms with van der Waals surface area (Å²) in [6, 6.07) is 1.26. The highest BCUT2D eigenvalue weighted by atomic mass is 19.1. The van der Waals surface area contributed by atoms with Crippen LogP contribution in [0.2, 0.25) is 0 Å². The van der Waals surface area contributed by atoms with Gasteiger partial charge < -0.3 is 14.7 Å². The van der Waals surface area contributed by atoms with Crippen LogP contribution in [0.25, 0.3) is 0 Å². The van der Waals surface area contributed by atoms with Crippen molar-refractivity contribution < 1.29 is 28.2 Å². The zero-order chi connectivity index (χ0) is 24.2. The van der Waals surface area contributed by atoms with E-state index < -0.39 is 29.9 Å². The summed E-state index contributed by atoms with van der Waals surface area (Å²) in [5.74, 6) is -0.126. The molecule has 186 valence electrons. The average Bonchev–Trinajstić information content (AvgIpc) is 3.51. The van der Waals surface area contributed by atoms with E-state index in [9.17, 15) is 19.1 Å². The van der Waals surface area contributed by atoms with E-state index in [1.165, 1.54) is 25.0 Å². The largest absolute Gasteiger partial charge is 0.493 e. The van der Waals surface area contributed by atoms with Crippen LogP contribution in [0, 0.1) is 29.0 Å². The second-order valence-electron chi connectivity index (χ2n) is 11.7. The van der Waals surface area contributed by atoms with Crippen LogP contribution in [0.15, 0.2) is 12.1 Å². The minimum absolute atomic E-state index is 0.0343. The van der Waals surface area contributed by atoms with Crippen molar-refractivity contribution in [1.29, 1.82) is 0 Å². The Balaban J connectivity index is 1.39. The Labute approximate surface area is 199 Å². The average molecular weight is 476 g/mol. The Hall–Kier alpha value is -2.18. The predicted molar refractivity (Wildman–Crippen MR) is 123 cm³/mol. The number of fused-ring (bicyclic) bond motifs is 2. The molecule has 1 aliphatic heterocycles. The van der Waals surface area contributed by atoms with E-state index in [0.29, 0.717) is 24.2 Å². The number of hydrogen-bond donors (Lipinski definition) is 1. The smallest absolute Gasteiger partial charge is 0.329 e. The fraction of sp³-hybridized carbons (Fsp3) is 0.704. The van der Waals surface area contributed by atoms with Crippen molar-refractivity contribution in [3.63, 3.8) is 0 Å². The number of carbonyl (C=O) groups is 2. The molecule has 0 aromatic heterocycles. The van der Waals surface area contributed by atoms with Gasteiger partial charge in [-0.1, -0.05) is 13.8 Å². The molecule has 34 heavy (non-hydrogen) atoms. The molecule has 4 aliphatic rings. The van der Waals surface area contributed by atoms with E-state index in [0.717, 1.165) is 48.5 Å². The fourth-order valence-corrected chi connectivity index (χ4v) is 7.32. The monoisotopic (exact) mass is 475 g/mol. The van der Waals surface area contributed by atoms with Crippen molar-refractivity contribution in [2.45, 2.75) is 83.3 Å². The molecule has 0 radical (unpaired) electrons. The molecule has 5 rings (SSSR count). The third-order valence-corrected chi connectivity index (χ3v) is 8.47. The Kier molecular flexibility index (Phi) is 6.09. The standard InChI is InChI=1S/C27H35F2NO4/c1-15-7-17-8-16(2)12-27(11-15,13-17)14-34-23-10-22(29)20(9-19(23)18-3-4-18)25(31)30-6-5-21(28)24(30)26(32)33/h9-10,15-18,21,24H,3-8,11-14H2,1-2H3,(H,32,33)/t15?,16?,17?,21-,24-,27?/m0/s1. The molecule has 1 N–H and O–H groups in total. The van der Waals surface area contributed by atoms with E-state index in [1.54, 1.807) is 0 Å². The molecular weight excluding hydrogens is 440 g/mol. The van der Waals surface area contributed by atoms with Gasteiger partial charge in [0.05, 0.1) is 12.2 Å². The Morgan fingerprint density at radius 1 is 1.12 bits per heavy atom. The van der Waals surface area contributed by atoms with Gasteiger partial charge in [0.2, 0.25) is 0 Å². The van der Waals surface area contributed by atoms with Crippen molar-refractivity contribution in [1.82, 2.24) is 4.90 Å². The Morgan fingerprint density at radius 2 is 1.79 bits per heavy atom. The maximum atomic E-state index is 15.2. The molecule has 3 aliphatic carbocycles. The van der Waals surface area contributed by atoms with Crippen LogP contribution < -0.4 is 4.74 Å². The minimum atomic E-state index is -1.64. The first-order valence-electron chi connectivity index (χ1n) is 12.8. The maximum absolute atomic E-state index is 15.2. The van der Waals surface area contributed by atoms with Gasteiger partial charge in [0.25, 0.3) is 5.91 Å². The lowest BCUT2D eigenvalue weighted by molar-refractivity contribution is -0.142. The molecule has 4 atom stereocenters. The predicted octanol–water partition coefficient (Wildman–Crippen LogP) is 5.57. The van der Waals surface area contributed by atoms with E-state index in [4.69, 9.17) is 4.74 Å². The third-order valence-electron chi connectivity index (χ3n) is 8.47. The normalized spacial score (nSPS) is 35.3. The third kappa shape index (κ3) is 4.42. The molecule has 5 nitrogen and oxygen atoms in total. The SMILES string of the molecule is CC1CC2CC(C)CC(COc3cc(F)c(C(=O)N4CC[C@H](F)[C@H]4C(=O)O)cc3C3CC3)(C1)C2. The topological polar surface area (TPSA) is 66.8 Å². The number of ether oxygens (including phenoxy) is 1. The number of nitrogens with zero attached hydrogens (tertiary/aromatic N) is 1. The number of alkyl halides is 1. The van der Waals surface area contributed by atoms with Gasteiger partial charge in [-0.2, -0.15) is 0 Å². The first-order valence-corrected chi connectivity index (χ1v) is 12.8. The Morgan fingerprint density at radius 3 is 2.41 bits per heavy atom. The van der Waals surface area contributed by atoms with Gasteiger partial charge in [-0.25, -0.2) is 13.6 Å². The molecule has 7 heteroatoms. The van der Waals surface area contributed by atoms with Crippen molar-refractivity contribution in [3.8, 4) is 5.75 Å². The van der Waals surface area contributed by atoms with E-state index in [1.807, 2.05) is 0 Å². The molecule has 4 fully saturated rings. The fourth-order valence-electron chi connectivity index (χ4n) is 7.32. The van der Waals surface area contributed by atoms with Crippen molar-refractivity contribution in [2.24, 2.45) is 23.2 Å². The van der Waals surface area contributed by atoms with Crippen molar-refractivity contribution in [3.05, 3.63) is 29.1 Å². The number of likely N-dealkylation sites (tertiary alicyclic amines) is 1. The molecule has 2 bridgehead atoms. The highest BCUT2D eigenvalue weighted by Gasteiger charge is 2.46. The number of aliphatic carboxylic acids is 1. The maximum Gasteiger partial charge on any atom is 0.329 e. The summed E-state index contributed by atoms with van der Waals surface area (Å²) >= 11 is 0. The lowest BCUT2D eigenvalue weighted by atomic mass is 9.57. The van der Waals surface area contributed by atoms with Gasteiger partial charge in [0.1, 0.15) is 17.7 Å². The summed E-state index contributed by atoms with van der Waals surface area (Å²) < 4.78 is 35.7. The van der Waals surface area contributed by atoms with Crippen LogP contribution in [-0.4, -0.2) is 47.2 Å². The van der Waals surface area contributed by atoms with Gasteiger partial charge in [-0.3, -0.25) is 4.79 Å². The summed E-state index contributed by atoms with van der Waals surface area (Å²) in [7, 11) is 0. The van der Waals surface area contributed by atoms with Gasteiger partial charge >= 0.3 is 5.97 Å². The number of carbonyl (C=O) groups excluding carboxylic acids is 1. The summed E-state index contributed by atoms with van der Waals surface area (Å²) in [6.07, 6.45) is 6.17. The first kappa shape index (κ1) is 23.6. The molecule has 1 aromatic rings. The highest BCUT2D eigenvalue weighted by molar-refractivity contribution is 5.97. The summed E-state index contributed by atoms with van der Waals surface area (Å²) in [5.41, 5.74) is 0.741. The molecule has 2 unspecified atom stereocenters. The molecule has 3 saturated carbocycles. The van der Waals surface area contributed by atoms with Gasteiger partial charge in [0.15, 0.2) is 6.04 Å². The highest BCUT2D eigenvalue weighted by Crippen LogP contribution is 2.53. The van der Waals surface area contributed by atoms with Gasteiger partial charge in [0, 0.05) is 18.0 Å². The number of amides is 1. The molecular formula is C27H35F2NO4. The zero-order valence-corrected chi connectivity index (χ0v) is 20.1. The van der Waals surface area contributed by atoms with Gasteiger partial charge in [-0.15, -0.1) is 0 Å². The Bertz CT molecular complexity index is 958. The molecule has 1 aromatic carbocycles. The quantitative estimate of drug-likeness (QED) is 0.584. The number of hydrogen-bond acceptors (Lipinski definition) is 3. The molecule has 0 spiro atoms. The van der Waals surface area contributed by atoms with E-state index >= 15 is 4.39 Å². The van der Waals surface area contributed by atoms with E-state index in [-0.39, 0.29) is 29.9 Å². The summed E-state index contributed by atoms with van der Waals surface area (Å²) in [6.45, 7) is 5.16. The van der Waals surface area contributed by atoms with Crippen LogP contribution in [-0.2, 0) is 4.79 Å². The lowest BCUT2D eigenvalue weighted by Gasteiger charge is -2.49. The van der Waals surface area contributed by atoms with Gasteiger partial charge in [-0.05, 0) is 86.7 Å². The molecule has 1 heterocycles. The molecule has 1 saturated heterocycles. The number of benzene rings is 1. The second-order valence-corrected chi connectivity index (χ2v) is 11.7. The number of halogens is 2. The van der Waals surface area contributed by atoms with Crippen LogP contribution in [0.4, 0.5) is 8.78 Å². The number of rotatable bonds is 6. The van der Waals surface area contributed by atoms with Crippen LogP contribution >= 0.6 is 0 Å². The van der Waals surface area contributed by atoms with E-state index in [2.05, 4.69) is 13.8 Å². The van der Waals surface area contributed by atoms with Crippen molar-refractivity contribution in [2.75, 3.05) is 13.2 Å². The number of carboxylic acid groups (broad SMARTS) is 1. The second kappa shape index (κ2) is 8.80. The summed E-state index contributed by atoms with van der Waals surface area (Å²) in [5, 5.41) is 9.37. The minimum Gasteiger partial charge on any atom is -0.493 e.